The second-order valence-electron chi connectivity index (χ2n) is 6.27. The first-order chi connectivity index (χ1) is 10.6. The fourth-order valence-corrected chi connectivity index (χ4v) is 1.95. The van der Waals surface area contributed by atoms with Crippen molar-refractivity contribution in [3.63, 3.8) is 0 Å². The molecular formula is C15H17F7O2. The van der Waals surface area contributed by atoms with Gasteiger partial charge < -0.3 is 9.84 Å². The number of rotatable bonds is 4. The molecule has 2 nitrogen and oxygen atoms in total. The molecule has 0 aliphatic rings. The molecule has 0 heterocycles. The quantitative estimate of drug-likeness (QED) is 0.754. The number of ether oxygens (including phenoxy) is 1. The standard InChI is InChI=1S/C15H17F7O2/c1-12(2,3)24-11-7-5-4-6-9(11)10(23)8-13(16,14(17,18)19)15(20,21)22/h4-7,10,23H,8H2,1-3H3. The molecular weight excluding hydrogens is 345 g/mol. The Kier molecular flexibility index (Phi) is 5.49. The maximum atomic E-state index is 13.8. The Balaban J connectivity index is 3.21. The number of benzene rings is 1. The molecule has 0 saturated carbocycles. The van der Waals surface area contributed by atoms with E-state index in [0.717, 1.165) is 6.07 Å². The molecule has 0 spiro atoms. The summed E-state index contributed by atoms with van der Waals surface area (Å²) in [6.45, 7) is 4.79. The monoisotopic (exact) mass is 362 g/mol. The van der Waals surface area contributed by atoms with Crippen LogP contribution in [0.2, 0.25) is 0 Å². The minimum absolute atomic E-state index is 0.121. The van der Waals surface area contributed by atoms with E-state index in [1.807, 2.05) is 0 Å². The summed E-state index contributed by atoms with van der Waals surface area (Å²) in [6, 6.07) is 5.06. The Morgan fingerprint density at radius 2 is 1.38 bits per heavy atom. The SMILES string of the molecule is CC(C)(C)Oc1ccccc1C(O)CC(F)(C(F)(F)F)C(F)(F)F. The first kappa shape index (κ1) is 20.5. The van der Waals surface area contributed by atoms with Crippen molar-refractivity contribution in [3.8, 4) is 5.75 Å². The lowest BCUT2D eigenvalue weighted by molar-refractivity contribution is -0.347. The molecule has 1 N–H and O–H groups in total. The molecule has 9 heteroatoms. The van der Waals surface area contributed by atoms with E-state index in [0.29, 0.717) is 0 Å². The number of halogens is 7. The Bertz CT molecular complexity index is 544. The highest BCUT2D eigenvalue weighted by Gasteiger charge is 2.72. The van der Waals surface area contributed by atoms with Crippen LogP contribution in [0.1, 0.15) is 38.9 Å². The Labute approximate surface area is 134 Å². The largest absolute Gasteiger partial charge is 0.488 e. The fraction of sp³-hybridized carbons (Fsp3) is 0.600. The molecule has 0 aliphatic heterocycles. The first-order valence-corrected chi connectivity index (χ1v) is 6.87. The van der Waals surface area contributed by atoms with E-state index in [9.17, 15) is 35.8 Å². The molecule has 24 heavy (non-hydrogen) atoms. The normalized spacial score (nSPS) is 15.3. The van der Waals surface area contributed by atoms with E-state index in [2.05, 4.69) is 0 Å². The summed E-state index contributed by atoms with van der Waals surface area (Å²) in [4.78, 5) is 0. The van der Waals surface area contributed by atoms with Gasteiger partial charge in [-0.3, -0.25) is 0 Å². The van der Waals surface area contributed by atoms with Gasteiger partial charge in [-0.2, -0.15) is 26.3 Å². The average molecular weight is 362 g/mol. The van der Waals surface area contributed by atoms with Gasteiger partial charge in [0.15, 0.2) is 0 Å². The molecule has 1 rings (SSSR count). The summed E-state index contributed by atoms with van der Waals surface area (Å²) in [5.41, 5.74) is -6.71. The molecule has 138 valence electrons. The van der Waals surface area contributed by atoms with Gasteiger partial charge in [0.1, 0.15) is 11.4 Å². The van der Waals surface area contributed by atoms with Crippen molar-refractivity contribution in [3.05, 3.63) is 29.8 Å². The van der Waals surface area contributed by atoms with E-state index >= 15 is 0 Å². The van der Waals surface area contributed by atoms with E-state index in [1.54, 1.807) is 20.8 Å². The molecule has 0 aromatic heterocycles. The van der Waals surface area contributed by atoms with Crippen LogP contribution in [0, 0.1) is 0 Å². The van der Waals surface area contributed by atoms with Gasteiger partial charge in [0.05, 0.1) is 6.10 Å². The van der Waals surface area contributed by atoms with Crippen LogP contribution in [0.3, 0.4) is 0 Å². The molecule has 0 saturated heterocycles. The third-order valence-electron chi connectivity index (χ3n) is 3.07. The van der Waals surface area contributed by atoms with Crippen LogP contribution >= 0.6 is 0 Å². The lowest BCUT2D eigenvalue weighted by atomic mass is 9.92. The smallest absolute Gasteiger partial charge is 0.431 e. The predicted octanol–water partition coefficient (Wildman–Crippen LogP) is 5.12. The highest BCUT2D eigenvalue weighted by Crippen LogP contribution is 2.51. The summed E-state index contributed by atoms with van der Waals surface area (Å²) in [5, 5.41) is 9.84. The summed E-state index contributed by atoms with van der Waals surface area (Å²) >= 11 is 0. The molecule has 0 radical (unpaired) electrons. The lowest BCUT2D eigenvalue weighted by Gasteiger charge is -2.32. The number of aliphatic hydroxyl groups excluding tert-OH is 1. The molecule has 1 unspecified atom stereocenters. The molecule has 0 bridgehead atoms. The number of aliphatic hydroxyl groups is 1. The molecule has 0 amide bonds. The first-order valence-electron chi connectivity index (χ1n) is 6.87. The van der Waals surface area contributed by atoms with Crippen molar-refractivity contribution in [2.75, 3.05) is 0 Å². The third-order valence-corrected chi connectivity index (χ3v) is 3.07. The van der Waals surface area contributed by atoms with Gasteiger partial charge >= 0.3 is 18.0 Å². The summed E-state index contributed by atoms with van der Waals surface area (Å²) in [7, 11) is 0. The zero-order valence-electron chi connectivity index (χ0n) is 13.1. The number of hydrogen-bond acceptors (Lipinski definition) is 2. The molecule has 0 fully saturated rings. The van der Waals surface area contributed by atoms with Gasteiger partial charge in [-0.05, 0) is 26.8 Å². The Hall–Kier alpha value is -1.51. The number of para-hydroxylation sites is 1. The summed E-state index contributed by atoms with van der Waals surface area (Å²) < 4.78 is 94.8. The molecule has 1 atom stereocenters. The van der Waals surface area contributed by atoms with Gasteiger partial charge in [-0.15, -0.1) is 0 Å². The minimum Gasteiger partial charge on any atom is -0.488 e. The maximum Gasteiger partial charge on any atom is 0.431 e. The third kappa shape index (κ3) is 4.52. The van der Waals surface area contributed by atoms with Crippen molar-refractivity contribution in [2.24, 2.45) is 0 Å². The Morgan fingerprint density at radius 3 is 1.79 bits per heavy atom. The van der Waals surface area contributed by atoms with Gasteiger partial charge in [0.2, 0.25) is 0 Å². The van der Waals surface area contributed by atoms with Crippen molar-refractivity contribution < 1.29 is 40.6 Å². The lowest BCUT2D eigenvalue weighted by Crippen LogP contribution is -2.54. The van der Waals surface area contributed by atoms with Crippen LogP contribution in [0.25, 0.3) is 0 Å². The van der Waals surface area contributed by atoms with E-state index < -0.39 is 36.1 Å². The molecule has 1 aromatic rings. The molecule has 0 aliphatic carbocycles. The van der Waals surface area contributed by atoms with Crippen molar-refractivity contribution in [1.82, 2.24) is 0 Å². The van der Waals surface area contributed by atoms with Crippen LogP contribution in [0.5, 0.6) is 5.75 Å². The summed E-state index contributed by atoms with van der Waals surface area (Å²) in [5.74, 6) is -0.121. The maximum absolute atomic E-state index is 13.8. The van der Waals surface area contributed by atoms with Gasteiger partial charge in [-0.1, -0.05) is 18.2 Å². The Morgan fingerprint density at radius 1 is 0.917 bits per heavy atom. The van der Waals surface area contributed by atoms with Crippen LogP contribution in [-0.2, 0) is 0 Å². The second-order valence-corrected chi connectivity index (χ2v) is 6.27. The zero-order chi connectivity index (χ0) is 19.0. The second kappa shape index (κ2) is 6.42. The van der Waals surface area contributed by atoms with Crippen molar-refractivity contribution in [2.45, 2.75) is 56.9 Å². The van der Waals surface area contributed by atoms with Gasteiger partial charge in [0.25, 0.3) is 0 Å². The van der Waals surface area contributed by atoms with E-state index in [-0.39, 0.29) is 11.3 Å². The number of alkyl halides is 7. The fourth-order valence-electron chi connectivity index (χ4n) is 1.95. The average Bonchev–Trinajstić information content (AvgIpc) is 2.34. The van der Waals surface area contributed by atoms with Crippen LogP contribution in [0.15, 0.2) is 24.3 Å². The van der Waals surface area contributed by atoms with Crippen molar-refractivity contribution in [1.29, 1.82) is 0 Å². The highest BCUT2D eigenvalue weighted by atomic mass is 19.4. The number of hydrogen-bond donors (Lipinski definition) is 1. The van der Waals surface area contributed by atoms with E-state index in [4.69, 9.17) is 4.74 Å². The predicted molar refractivity (Wildman–Crippen MR) is 72.3 cm³/mol. The van der Waals surface area contributed by atoms with E-state index in [1.165, 1.54) is 18.2 Å². The van der Waals surface area contributed by atoms with Crippen molar-refractivity contribution >= 4 is 0 Å². The minimum atomic E-state index is -6.22. The van der Waals surface area contributed by atoms with Crippen LogP contribution in [-0.4, -0.2) is 28.7 Å². The molecule has 1 aromatic carbocycles. The topological polar surface area (TPSA) is 29.5 Å². The van der Waals surface area contributed by atoms with Crippen LogP contribution in [0.4, 0.5) is 30.7 Å². The van der Waals surface area contributed by atoms with Gasteiger partial charge in [0, 0.05) is 12.0 Å². The van der Waals surface area contributed by atoms with Crippen LogP contribution < -0.4 is 4.74 Å². The van der Waals surface area contributed by atoms with Gasteiger partial charge in [-0.25, -0.2) is 4.39 Å². The zero-order valence-corrected chi connectivity index (χ0v) is 13.1. The highest BCUT2D eigenvalue weighted by molar-refractivity contribution is 5.36. The summed E-state index contributed by atoms with van der Waals surface area (Å²) in [6.07, 6.45) is -17.0.